The lowest BCUT2D eigenvalue weighted by atomic mass is 10.1. The lowest BCUT2D eigenvalue weighted by molar-refractivity contribution is 0.218. The van der Waals surface area contributed by atoms with Crippen LogP contribution in [0, 0.1) is 0 Å². The minimum Gasteiger partial charge on any atom is -0.489 e. The summed E-state index contributed by atoms with van der Waals surface area (Å²) in [4.78, 5) is 2.56. The Hall–Kier alpha value is -0.870. The van der Waals surface area contributed by atoms with Crippen molar-refractivity contribution < 1.29 is 4.74 Å². The fraction of sp³-hybridized carbons (Fsp3) is 0.571. The Labute approximate surface area is 113 Å². The number of nitrogens with zero attached hydrogens (tertiary/aromatic N) is 1. The Bertz CT molecular complexity index is 424. The van der Waals surface area contributed by atoms with Gasteiger partial charge in [0.2, 0.25) is 0 Å². The van der Waals surface area contributed by atoms with Crippen molar-refractivity contribution in [1.29, 1.82) is 0 Å². The molecule has 1 atom stereocenters. The van der Waals surface area contributed by atoms with Gasteiger partial charge in [-0.25, -0.2) is 0 Å². The van der Waals surface area contributed by atoms with Crippen LogP contribution in [-0.2, 0) is 6.54 Å². The first-order valence-electron chi connectivity index (χ1n) is 6.65. The van der Waals surface area contributed by atoms with Gasteiger partial charge < -0.3 is 10.1 Å². The topological polar surface area (TPSA) is 24.5 Å². The molecule has 0 spiro atoms. The van der Waals surface area contributed by atoms with Gasteiger partial charge >= 0.3 is 0 Å². The highest BCUT2D eigenvalue weighted by Crippen LogP contribution is 2.32. The fourth-order valence-electron chi connectivity index (χ4n) is 2.57. The van der Waals surface area contributed by atoms with Crippen LogP contribution in [0.5, 0.6) is 5.75 Å². The van der Waals surface area contributed by atoms with Crippen molar-refractivity contribution in [2.24, 2.45) is 0 Å². The molecule has 2 heterocycles. The van der Waals surface area contributed by atoms with Crippen LogP contribution in [0.25, 0.3) is 0 Å². The third-order valence-corrected chi connectivity index (χ3v) is 4.83. The third-order valence-electron chi connectivity index (χ3n) is 3.64. The molecule has 18 heavy (non-hydrogen) atoms. The van der Waals surface area contributed by atoms with Gasteiger partial charge in [0.05, 0.1) is 5.69 Å². The van der Waals surface area contributed by atoms with Gasteiger partial charge in [-0.05, 0) is 13.0 Å². The van der Waals surface area contributed by atoms with Gasteiger partial charge in [-0.1, -0.05) is 12.1 Å². The first-order chi connectivity index (χ1) is 8.84. The van der Waals surface area contributed by atoms with Crippen LogP contribution in [0.3, 0.4) is 0 Å². The van der Waals surface area contributed by atoms with E-state index in [2.05, 4.69) is 47.1 Å². The lowest BCUT2D eigenvalue weighted by Gasteiger charge is -2.34. The van der Waals surface area contributed by atoms with Gasteiger partial charge in [-0.3, -0.25) is 4.90 Å². The van der Waals surface area contributed by atoms with Crippen LogP contribution in [0.15, 0.2) is 18.2 Å². The normalized spacial score (nSPS) is 23.9. The van der Waals surface area contributed by atoms with Crippen LogP contribution in [0.4, 0.5) is 5.69 Å². The van der Waals surface area contributed by atoms with E-state index in [9.17, 15) is 0 Å². The largest absolute Gasteiger partial charge is 0.489 e. The number of hydrogen-bond donors (Lipinski definition) is 1. The predicted molar refractivity (Wildman–Crippen MR) is 77.6 cm³/mol. The van der Waals surface area contributed by atoms with E-state index >= 15 is 0 Å². The Morgan fingerprint density at radius 1 is 1.50 bits per heavy atom. The van der Waals surface area contributed by atoms with Crippen molar-refractivity contribution in [3.8, 4) is 5.75 Å². The van der Waals surface area contributed by atoms with E-state index in [1.165, 1.54) is 23.6 Å². The molecule has 3 rings (SSSR count). The summed E-state index contributed by atoms with van der Waals surface area (Å²) in [7, 11) is 0. The molecule has 1 unspecified atom stereocenters. The minimum atomic E-state index is 0.663. The molecule has 0 radical (unpaired) electrons. The van der Waals surface area contributed by atoms with Gasteiger partial charge in [-0.15, -0.1) is 0 Å². The molecule has 0 aliphatic carbocycles. The quantitative estimate of drug-likeness (QED) is 0.886. The molecule has 1 saturated heterocycles. The van der Waals surface area contributed by atoms with Gasteiger partial charge in [0, 0.05) is 42.7 Å². The Balaban J connectivity index is 1.79. The number of anilines is 1. The van der Waals surface area contributed by atoms with Crippen molar-refractivity contribution >= 4 is 17.4 Å². The standard InChI is InChI=1S/C14H20N2OS/c1-11-10-18-8-6-16(11)9-12-3-2-4-13-14(12)17-7-5-15-13/h2-4,11,15H,5-10H2,1H3. The Kier molecular flexibility index (Phi) is 3.66. The summed E-state index contributed by atoms with van der Waals surface area (Å²) in [5, 5.41) is 3.40. The van der Waals surface area contributed by atoms with Crippen LogP contribution in [0.2, 0.25) is 0 Å². The zero-order valence-electron chi connectivity index (χ0n) is 10.8. The summed E-state index contributed by atoms with van der Waals surface area (Å²) in [6.45, 7) is 6.19. The second-order valence-corrected chi connectivity index (χ2v) is 6.11. The number of rotatable bonds is 2. The van der Waals surface area contributed by atoms with E-state index in [0.29, 0.717) is 6.04 Å². The first kappa shape index (κ1) is 12.2. The number of benzene rings is 1. The maximum Gasteiger partial charge on any atom is 0.146 e. The molecule has 1 fully saturated rings. The molecule has 4 heteroatoms. The smallest absolute Gasteiger partial charge is 0.146 e. The molecule has 0 bridgehead atoms. The molecule has 1 aromatic carbocycles. The molecular weight excluding hydrogens is 244 g/mol. The van der Waals surface area contributed by atoms with Crippen molar-refractivity contribution in [2.45, 2.75) is 19.5 Å². The summed E-state index contributed by atoms with van der Waals surface area (Å²) in [5.41, 5.74) is 2.47. The van der Waals surface area contributed by atoms with Gasteiger partial charge in [-0.2, -0.15) is 11.8 Å². The summed E-state index contributed by atoms with van der Waals surface area (Å²) >= 11 is 2.06. The average Bonchev–Trinajstić information content (AvgIpc) is 2.42. The molecule has 0 amide bonds. The minimum absolute atomic E-state index is 0.663. The molecule has 0 aromatic heterocycles. The second-order valence-electron chi connectivity index (χ2n) is 4.96. The summed E-state index contributed by atoms with van der Waals surface area (Å²) in [6.07, 6.45) is 0. The summed E-state index contributed by atoms with van der Waals surface area (Å²) in [6, 6.07) is 7.09. The van der Waals surface area contributed by atoms with Crippen molar-refractivity contribution in [3.63, 3.8) is 0 Å². The van der Waals surface area contributed by atoms with Crippen LogP contribution in [-0.4, -0.2) is 42.1 Å². The lowest BCUT2D eigenvalue weighted by Crippen LogP contribution is -2.39. The van der Waals surface area contributed by atoms with Crippen molar-refractivity contribution in [1.82, 2.24) is 4.90 Å². The van der Waals surface area contributed by atoms with Gasteiger partial charge in [0.25, 0.3) is 0 Å². The maximum atomic E-state index is 5.84. The summed E-state index contributed by atoms with van der Waals surface area (Å²) < 4.78 is 5.84. The van der Waals surface area contributed by atoms with E-state index < -0.39 is 0 Å². The number of para-hydroxylation sites is 1. The SMILES string of the molecule is CC1CSCCN1Cc1cccc2c1OCCN2. The molecule has 2 aliphatic rings. The van der Waals surface area contributed by atoms with Crippen molar-refractivity contribution in [3.05, 3.63) is 23.8 Å². The summed E-state index contributed by atoms with van der Waals surface area (Å²) in [5.74, 6) is 3.56. The van der Waals surface area contributed by atoms with E-state index in [1.54, 1.807) is 0 Å². The predicted octanol–water partition coefficient (Wildman–Crippen LogP) is 2.43. The van der Waals surface area contributed by atoms with Crippen molar-refractivity contribution in [2.75, 3.05) is 36.5 Å². The van der Waals surface area contributed by atoms with E-state index in [-0.39, 0.29) is 0 Å². The zero-order valence-corrected chi connectivity index (χ0v) is 11.6. The van der Waals surface area contributed by atoms with E-state index in [1.807, 2.05) is 0 Å². The number of ether oxygens (including phenoxy) is 1. The first-order valence-corrected chi connectivity index (χ1v) is 7.80. The van der Waals surface area contributed by atoms with Crippen LogP contribution in [0.1, 0.15) is 12.5 Å². The zero-order chi connectivity index (χ0) is 12.4. The number of hydrogen-bond acceptors (Lipinski definition) is 4. The molecular formula is C14H20N2OS. The Morgan fingerprint density at radius 3 is 3.33 bits per heavy atom. The molecule has 1 N–H and O–H groups in total. The monoisotopic (exact) mass is 264 g/mol. The molecule has 1 aromatic rings. The fourth-order valence-corrected chi connectivity index (χ4v) is 3.66. The highest BCUT2D eigenvalue weighted by molar-refractivity contribution is 7.99. The average molecular weight is 264 g/mol. The molecule has 3 nitrogen and oxygen atoms in total. The molecule has 0 saturated carbocycles. The van der Waals surface area contributed by atoms with Crippen LogP contribution >= 0.6 is 11.8 Å². The van der Waals surface area contributed by atoms with Gasteiger partial charge in [0.1, 0.15) is 12.4 Å². The molecule has 98 valence electrons. The third kappa shape index (κ3) is 2.45. The van der Waals surface area contributed by atoms with Crippen LogP contribution < -0.4 is 10.1 Å². The number of nitrogens with one attached hydrogen (secondary N) is 1. The van der Waals surface area contributed by atoms with E-state index in [0.717, 1.165) is 31.1 Å². The van der Waals surface area contributed by atoms with E-state index in [4.69, 9.17) is 4.74 Å². The van der Waals surface area contributed by atoms with Gasteiger partial charge in [0.15, 0.2) is 0 Å². The highest BCUT2D eigenvalue weighted by atomic mass is 32.2. The second kappa shape index (κ2) is 5.41. The molecule has 2 aliphatic heterocycles. The number of fused-ring (bicyclic) bond motifs is 1. The highest BCUT2D eigenvalue weighted by Gasteiger charge is 2.21. The Morgan fingerprint density at radius 2 is 2.44 bits per heavy atom. The number of thioether (sulfide) groups is 1. The maximum absolute atomic E-state index is 5.84.